The van der Waals surface area contributed by atoms with Crippen molar-refractivity contribution in [2.75, 3.05) is 32.7 Å². The zero-order valence-corrected chi connectivity index (χ0v) is 7.38. The lowest BCUT2D eigenvalue weighted by Gasteiger charge is -2.34. The van der Waals surface area contributed by atoms with E-state index in [9.17, 15) is 9.59 Å². The summed E-state index contributed by atoms with van der Waals surface area (Å²) >= 11 is 0. The highest BCUT2D eigenvalue weighted by atomic mass is 16.2. The van der Waals surface area contributed by atoms with E-state index in [0.29, 0.717) is 19.0 Å². The monoisotopic (exact) mass is 183 g/mol. The predicted octanol–water partition coefficient (Wildman–Crippen LogP) is -1.84. The molecule has 2 heterocycles. The molecule has 0 saturated carbocycles. The molecule has 2 amide bonds. The summed E-state index contributed by atoms with van der Waals surface area (Å²) in [4.78, 5) is 23.9. The minimum Gasteiger partial charge on any atom is -0.316 e. The van der Waals surface area contributed by atoms with Crippen molar-refractivity contribution in [1.29, 1.82) is 0 Å². The summed E-state index contributed by atoms with van der Waals surface area (Å²) in [5.74, 6) is 0.255. The molecule has 2 fully saturated rings. The van der Waals surface area contributed by atoms with Gasteiger partial charge in [0, 0.05) is 19.6 Å². The van der Waals surface area contributed by atoms with Crippen LogP contribution in [0.3, 0.4) is 0 Å². The van der Waals surface area contributed by atoms with Gasteiger partial charge < -0.3 is 5.32 Å². The maximum Gasteiger partial charge on any atom is 0.240 e. The summed E-state index contributed by atoms with van der Waals surface area (Å²) in [5.41, 5.74) is 0. The fourth-order valence-corrected chi connectivity index (χ4v) is 1.67. The molecule has 2 aliphatic heterocycles. The molecule has 2 rings (SSSR count). The lowest BCUT2D eigenvalue weighted by atomic mass is 10.0. The summed E-state index contributed by atoms with van der Waals surface area (Å²) in [6.45, 7) is 3.59. The van der Waals surface area contributed by atoms with Crippen LogP contribution in [0.4, 0.5) is 0 Å². The third-order valence-corrected chi connectivity index (χ3v) is 2.40. The van der Waals surface area contributed by atoms with Crippen LogP contribution in [0.1, 0.15) is 0 Å². The van der Waals surface area contributed by atoms with Crippen molar-refractivity contribution in [2.24, 2.45) is 5.92 Å². The predicted molar refractivity (Wildman–Crippen MR) is 45.9 cm³/mol. The average molecular weight is 183 g/mol. The van der Waals surface area contributed by atoms with Gasteiger partial charge in [-0.15, -0.1) is 0 Å². The fourth-order valence-electron chi connectivity index (χ4n) is 1.67. The highest BCUT2D eigenvalue weighted by Crippen LogP contribution is 2.06. The lowest BCUT2D eigenvalue weighted by molar-refractivity contribution is -0.136. The molecular weight excluding hydrogens is 170 g/mol. The molecule has 0 spiro atoms. The standard InChI is InChI=1S/C8H13N3O2/c12-7-4-11(5-8(13)10-7)3-6-1-9-2-6/h6,9H,1-5H2,(H,10,12,13). The number of hydrogen-bond donors (Lipinski definition) is 2. The Kier molecular flexibility index (Phi) is 2.28. The van der Waals surface area contributed by atoms with Gasteiger partial charge in [-0.1, -0.05) is 0 Å². The van der Waals surface area contributed by atoms with Crippen LogP contribution in [0, 0.1) is 5.92 Å². The first-order chi connectivity index (χ1) is 6.24. The van der Waals surface area contributed by atoms with Crippen molar-refractivity contribution in [3.8, 4) is 0 Å². The van der Waals surface area contributed by atoms with E-state index < -0.39 is 0 Å². The van der Waals surface area contributed by atoms with Gasteiger partial charge in [0.1, 0.15) is 0 Å². The zero-order chi connectivity index (χ0) is 9.26. The Morgan fingerprint density at radius 3 is 2.31 bits per heavy atom. The minimum absolute atomic E-state index is 0.177. The van der Waals surface area contributed by atoms with Crippen LogP contribution in [0.15, 0.2) is 0 Å². The molecule has 2 saturated heterocycles. The van der Waals surface area contributed by atoms with Gasteiger partial charge >= 0.3 is 0 Å². The molecular formula is C8H13N3O2. The smallest absolute Gasteiger partial charge is 0.240 e. The van der Waals surface area contributed by atoms with E-state index in [1.165, 1.54) is 0 Å². The van der Waals surface area contributed by atoms with Gasteiger partial charge in [-0.3, -0.25) is 19.8 Å². The van der Waals surface area contributed by atoms with Crippen LogP contribution in [-0.4, -0.2) is 49.4 Å². The first kappa shape index (κ1) is 8.65. The molecule has 72 valence electrons. The van der Waals surface area contributed by atoms with E-state index in [1.54, 1.807) is 0 Å². The molecule has 0 aliphatic carbocycles. The first-order valence-corrected chi connectivity index (χ1v) is 4.50. The Morgan fingerprint density at radius 1 is 1.23 bits per heavy atom. The summed E-state index contributed by atoms with van der Waals surface area (Å²) in [5, 5.41) is 5.44. The van der Waals surface area contributed by atoms with Crippen molar-refractivity contribution in [3.63, 3.8) is 0 Å². The normalized spacial score (nSPS) is 25.5. The number of rotatable bonds is 2. The molecule has 0 radical (unpaired) electrons. The second-order valence-corrected chi connectivity index (χ2v) is 3.67. The largest absolute Gasteiger partial charge is 0.316 e. The van der Waals surface area contributed by atoms with Crippen molar-refractivity contribution in [1.82, 2.24) is 15.5 Å². The number of carbonyl (C=O) groups is 2. The maximum atomic E-state index is 11.0. The number of carbonyl (C=O) groups excluding carboxylic acids is 2. The van der Waals surface area contributed by atoms with E-state index in [2.05, 4.69) is 10.6 Å². The van der Waals surface area contributed by atoms with Gasteiger partial charge in [0.25, 0.3) is 0 Å². The maximum absolute atomic E-state index is 11.0. The highest BCUT2D eigenvalue weighted by Gasteiger charge is 2.26. The van der Waals surface area contributed by atoms with Crippen LogP contribution in [0.25, 0.3) is 0 Å². The quantitative estimate of drug-likeness (QED) is 0.494. The Hall–Kier alpha value is -0.940. The molecule has 0 atom stereocenters. The van der Waals surface area contributed by atoms with Crippen molar-refractivity contribution >= 4 is 11.8 Å². The molecule has 5 heteroatoms. The number of amides is 2. The van der Waals surface area contributed by atoms with Gasteiger partial charge in [-0.05, 0) is 5.92 Å². The summed E-state index contributed by atoms with van der Waals surface area (Å²) in [7, 11) is 0. The van der Waals surface area contributed by atoms with Gasteiger partial charge in [0.2, 0.25) is 11.8 Å². The first-order valence-electron chi connectivity index (χ1n) is 4.50. The topological polar surface area (TPSA) is 61.4 Å². The van der Waals surface area contributed by atoms with Crippen molar-refractivity contribution in [2.45, 2.75) is 0 Å². The molecule has 0 aromatic rings. The highest BCUT2D eigenvalue weighted by molar-refractivity contribution is 5.99. The van der Waals surface area contributed by atoms with Crippen LogP contribution in [-0.2, 0) is 9.59 Å². The van der Waals surface area contributed by atoms with Crippen molar-refractivity contribution in [3.05, 3.63) is 0 Å². The Labute approximate surface area is 76.5 Å². The molecule has 0 aromatic carbocycles. The number of nitrogens with zero attached hydrogens (tertiary/aromatic N) is 1. The van der Waals surface area contributed by atoms with Crippen LogP contribution < -0.4 is 10.6 Å². The van der Waals surface area contributed by atoms with E-state index in [0.717, 1.165) is 19.6 Å². The van der Waals surface area contributed by atoms with Gasteiger partial charge in [-0.25, -0.2) is 0 Å². The van der Waals surface area contributed by atoms with Crippen LogP contribution in [0.5, 0.6) is 0 Å². The Balaban J connectivity index is 1.83. The summed E-state index contributed by atoms with van der Waals surface area (Å²) in [6, 6.07) is 0. The van der Waals surface area contributed by atoms with E-state index in [1.807, 2.05) is 4.90 Å². The van der Waals surface area contributed by atoms with Crippen LogP contribution in [0.2, 0.25) is 0 Å². The van der Waals surface area contributed by atoms with Gasteiger partial charge in [0.05, 0.1) is 13.1 Å². The molecule has 0 bridgehead atoms. The number of hydrogen-bond acceptors (Lipinski definition) is 4. The zero-order valence-electron chi connectivity index (χ0n) is 7.38. The molecule has 2 N–H and O–H groups in total. The second-order valence-electron chi connectivity index (χ2n) is 3.67. The Morgan fingerprint density at radius 2 is 1.85 bits per heavy atom. The Bertz CT molecular complexity index is 222. The fraction of sp³-hybridized carbons (Fsp3) is 0.750. The molecule has 13 heavy (non-hydrogen) atoms. The second kappa shape index (κ2) is 3.43. The lowest BCUT2D eigenvalue weighted by Crippen LogP contribution is -2.56. The number of piperazine rings is 1. The molecule has 0 aromatic heterocycles. The SMILES string of the molecule is O=C1CN(CC2CNC2)CC(=O)N1. The summed E-state index contributed by atoms with van der Waals surface area (Å²) in [6.07, 6.45) is 0. The third-order valence-electron chi connectivity index (χ3n) is 2.40. The summed E-state index contributed by atoms with van der Waals surface area (Å²) < 4.78 is 0. The molecule has 5 nitrogen and oxygen atoms in total. The average Bonchev–Trinajstić information content (AvgIpc) is 1.95. The molecule has 0 unspecified atom stereocenters. The van der Waals surface area contributed by atoms with E-state index in [4.69, 9.17) is 0 Å². The minimum atomic E-state index is -0.177. The van der Waals surface area contributed by atoms with Crippen molar-refractivity contribution < 1.29 is 9.59 Å². The van der Waals surface area contributed by atoms with E-state index >= 15 is 0 Å². The number of nitrogens with one attached hydrogen (secondary N) is 2. The van der Waals surface area contributed by atoms with E-state index in [-0.39, 0.29) is 11.8 Å². The van der Waals surface area contributed by atoms with Gasteiger partial charge in [0.15, 0.2) is 0 Å². The third kappa shape index (κ3) is 2.05. The van der Waals surface area contributed by atoms with Crippen LogP contribution >= 0.6 is 0 Å². The number of imide groups is 1. The molecule has 2 aliphatic rings. The van der Waals surface area contributed by atoms with Gasteiger partial charge in [-0.2, -0.15) is 0 Å².